The van der Waals surface area contributed by atoms with Crippen LogP contribution in [0, 0.1) is 0 Å². The van der Waals surface area contributed by atoms with Gasteiger partial charge in [0.1, 0.15) is 0 Å². The monoisotopic (exact) mass is 220 g/mol. The molecule has 0 radical (unpaired) electrons. The highest BCUT2D eigenvalue weighted by Gasteiger charge is 2.32. The quantitative estimate of drug-likeness (QED) is 0.781. The summed E-state index contributed by atoms with van der Waals surface area (Å²) < 4.78 is 1.92. The predicted molar refractivity (Wildman–Crippen MR) is 60.9 cm³/mol. The van der Waals surface area contributed by atoms with Crippen molar-refractivity contribution < 1.29 is 10.2 Å². The fraction of sp³-hybridized carbons (Fsp3) is 0.417. The smallest absolute Gasteiger partial charge is 0.0945 e. The minimum atomic E-state index is -0.399. The zero-order valence-corrected chi connectivity index (χ0v) is 9.30. The van der Waals surface area contributed by atoms with Crippen LogP contribution in [0.2, 0.25) is 0 Å². The van der Waals surface area contributed by atoms with Gasteiger partial charge >= 0.3 is 0 Å². The molecule has 0 amide bonds. The van der Waals surface area contributed by atoms with Gasteiger partial charge in [0.05, 0.1) is 25.0 Å². The summed E-state index contributed by atoms with van der Waals surface area (Å²) in [6.07, 6.45) is 9.98. The Hall–Kier alpha value is -1.39. The van der Waals surface area contributed by atoms with E-state index in [1.807, 2.05) is 29.8 Å². The van der Waals surface area contributed by atoms with E-state index in [1.54, 1.807) is 12.5 Å². The number of aliphatic hydroxyl groups excluding tert-OH is 2. The van der Waals surface area contributed by atoms with Crippen LogP contribution in [0.3, 0.4) is 0 Å². The van der Waals surface area contributed by atoms with Crippen molar-refractivity contribution in [2.75, 3.05) is 13.2 Å². The van der Waals surface area contributed by atoms with Crippen LogP contribution in [0.25, 0.3) is 0 Å². The summed E-state index contributed by atoms with van der Waals surface area (Å²) in [5.74, 6) is 0. The molecule has 1 aromatic heterocycles. The second kappa shape index (κ2) is 4.23. The Bertz CT molecular complexity index is 434. The number of rotatable bonds is 3. The first-order chi connectivity index (χ1) is 7.72. The fourth-order valence-electron chi connectivity index (χ4n) is 2.06. The van der Waals surface area contributed by atoms with E-state index in [9.17, 15) is 5.11 Å². The van der Waals surface area contributed by atoms with Crippen molar-refractivity contribution in [1.82, 2.24) is 9.55 Å². The molecule has 16 heavy (non-hydrogen) atoms. The van der Waals surface area contributed by atoms with Gasteiger partial charge in [0.15, 0.2) is 0 Å². The van der Waals surface area contributed by atoms with Crippen LogP contribution in [-0.2, 0) is 12.5 Å². The normalized spacial score (nSPS) is 24.6. The van der Waals surface area contributed by atoms with Gasteiger partial charge in [-0.2, -0.15) is 0 Å². The molecule has 1 aliphatic carbocycles. The SMILES string of the molecule is Cn1cncc1C1(CO)C=CC(CO)=CC1. The number of aromatic nitrogens is 2. The van der Waals surface area contributed by atoms with E-state index in [0.717, 1.165) is 11.3 Å². The van der Waals surface area contributed by atoms with E-state index in [2.05, 4.69) is 4.98 Å². The van der Waals surface area contributed by atoms with Gasteiger partial charge in [-0.25, -0.2) is 4.98 Å². The average molecular weight is 220 g/mol. The summed E-state index contributed by atoms with van der Waals surface area (Å²) >= 11 is 0. The Morgan fingerprint density at radius 1 is 1.50 bits per heavy atom. The van der Waals surface area contributed by atoms with E-state index in [-0.39, 0.29) is 13.2 Å². The van der Waals surface area contributed by atoms with E-state index in [4.69, 9.17) is 5.11 Å². The number of aliphatic hydroxyl groups is 2. The maximum atomic E-state index is 9.61. The third-order valence-corrected chi connectivity index (χ3v) is 3.14. The highest BCUT2D eigenvalue weighted by molar-refractivity contribution is 5.35. The van der Waals surface area contributed by atoms with Gasteiger partial charge < -0.3 is 14.8 Å². The lowest BCUT2D eigenvalue weighted by molar-refractivity contribution is 0.218. The maximum Gasteiger partial charge on any atom is 0.0945 e. The third-order valence-electron chi connectivity index (χ3n) is 3.14. The number of hydrogen-bond donors (Lipinski definition) is 2. The summed E-state index contributed by atoms with van der Waals surface area (Å²) in [7, 11) is 1.92. The van der Waals surface area contributed by atoms with E-state index in [1.165, 1.54) is 0 Å². The van der Waals surface area contributed by atoms with Crippen LogP contribution < -0.4 is 0 Å². The molecule has 4 heteroatoms. The van der Waals surface area contributed by atoms with Crippen molar-refractivity contribution in [1.29, 1.82) is 0 Å². The lowest BCUT2D eigenvalue weighted by Gasteiger charge is -2.30. The molecular formula is C12H16N2O2. The molecule has 0 spiro atoms. The molecule has 0 aliphatic heterocycles. The minimum absolute atomic E-state index is 0.0399. The second-order valence-corrected chi connectivity index (χ2v) is 4.18. The standard InChI is InChI=1S/C12H16N2O2/c1-14-9-13-6-11(14)12(8-16)4-2-10(7-15)3-5-12/h2-4,6,9,15-16H,5,7-8H2,1H3. The summed E-state index contributed by atoms with van der Waals surface area (Å²) in [6, 6.07) is 0. The van der Waals surface area contributed by atoms with Crippen molar-refractivity contribution in [3.8, 4) is 0 Å². The molecule has 0 saturated carbocycles. The Labute approximate surface area is 94.6 Å². The number of allylic oxidation sites excluding steroid dienone is 1. The van der Waals surface area contributed by atoms with Crippen LogP contribution in [0.5, 0.6) is 0 Å². The first-order valence-electron chi connectivity index (χ1n) is 5.28. The number of nitrogens with zero attached hydrogens (tertiary/aromatic N) is 2. The number of aryl methyl sites for hydroxylation is 1. The van der Waals surface area contributed by atoms with Crippen LogP contribution in [0.4, 0.5) is 0 Å². The first kappa shape index (κ1) is 11.1. The molecule has 1 unspecified atom stereocenters. The van der Waals surface area contributed by atoms with Crippen molar-refractivity contribution in [2.24, 2.45) is 7.05 Å². The Morgan fingerprint density at radius 2 is 2.31 bits per heavy atom. The maximum absolute atomic E-state index is 9.61. The second-order valence-electron chi connectivity index (χ2n) is 4.18. The molecule has 1 aliphatic rings. The highest BCUT2D eigenvalue weighted by Crippen LogP contribution is 2.33. The molecule has 2 rings (SSSR count). The molecule has 1 heterocycles. The van der Waals surface area contributed by atoms with Crippen LogP contribution in [-0.4, -0.2) is 33.0 Å². The zero-order valence-electron chi connectivity index (χ0n) is 9.30. The van der Waals surface area contributed by atoms with Crippen molar-refractivity contribution in [2.45, 2.75) is 11.8 Å². The van der Waals surface area contributed by atoms with Gasteiger partial charge in [0.25, 0.3) is 0 Å². The zero-order chi connectivity index (χ0) is 11.6. The Morgan fingerprint density at radius 3 is 2.75 bits per heavy atom. The molecule has 86 valence electrons. The van der Waals surface area contributed by atoms with Gasteiger partial charge in [0.2, 0.25) is 0 Å². The molecule has 2 N–H and O–H groups in total. The predicted octanol–water partition coefficient (Wildman–Crippen LogP) is 0.529. The Kier molecular flexibility index (Phi) is 2.94. The lowest BCUT2D eigenvalue weighted by atomic mass is 9.78. The summed E-state index contributed by atoms with van der Waals surface area (Å²) in [5.41, 5.74) is 1.48. The van der Waals surface area contributed by atoms with Gasteiger partial charge in [-0.3, -0.25) is 0 Å². The van der Waals surface area contributed by atoms with Gasteiger partial charge in [-0.15, -0.1) is 0 Å². The van der Waals surface area contributed by atoms with Crippen molar-refractivity contribution in [3.05, 3.63) is 42.0 Å². The van der Waals surface area contributed by atoms with Crippen molar-refractivity contribution >= 4 is 0 Å². The number of imidazole rings is 1. The average Bonchev–Trinajstić information content (AvgIpc) is 2.76. The molecule has 1 aromatic rings. The molecule has 4 nitrogen and oxygen atoms in total. The van der Waals surface area contributed by atoms with E-state index in [0.29, 0.717) is 6.42 Å². The summed E-state index contributed by atoms with van der Waals surface area (Å²) in [4.78, 5) is 4.08. The lowest BCUT2D eigenvalue weighted by Crippen LogP contribution is -2.31. The summed E-state index contributed by atoms with van der Waals surface area (Å²) in [6.45, 7) is 0.0850. The highest BCUT2D eigenvalue weighted by atomic mass is 16.3. The van der Waals surface area contributed by atoms with Gasteiger partial charge in [0, 0.05) is 18.9 Å². The van der Waals surface area contributed by atoms with E-state index < -0.39 is 5.41 Å². The van der Waals surface area contributed by atoms with Crippen molar-refractivity contribution in [3.63, 3.8) is 0 Å². The third kappa shape index (κ3) is 1.70. The fourth-order valence-corrected chi connectivity index (χ4v) is 2.06. The summed E-state index contributed by atoms with van der Waals surface area (Å²) in [5, 5.41) is 18.6. The largest absolute Gasteiger partial charge is 0.395 e. The molecule has 0 aromatic carbocycles. The number of hydrogen-bond acceptors (Lipinski definition) is 3. The van der Waals surface area contributed by atoms with Gasteiger partial charge in [-0.1, -0.05) is 18.2 Å². The molecular weight excluding hydrogens is 204 g/mol. The first-order valence-corrected chi connectivity index (χ1v) is 5.28. The van der Waals surface area contributed by atoms with Crippen LogP contribution in [0.1, 0.15) is 12.1 Å². The molecule has 0 fully saturated rings. The van der Waals surface area contributed by atoms with Crippen LogP contribution >= 0.6 is 0 Å². The Balaban J connectivity index is 2.34. The molecule has 0 bridgehead atoms. The molecule has 1 atom stereocenters. The van der Waals surface area contributed by atoms with Gasteiger partial charge in [-0.05, 0) is 12.0 Å². The molecule has 0 saturated heterocycles. The van der Waals surface area contributed by atoms with Crippen LogP contribution in [0.15, 0.2) is 36.3 Å². The van der Waals surface area contributed by atoms with E-state index >= 15 is 0 Å². The topological polar surface area (TPSA) is 58.3 Å². The minimum Gasteiger partial charge on any atom is -0.395 e.